The molecular formula is C15H20O2. The highest BCUT2D eigenvalue weighted by atomic mass is 16.5. The second-order valence-corrected chi connectivity index (χ2v) is 4.70. The van der Waals surface area contributed by atoms with Crippen LogP contribution in [0.25, 0.3) is 0 Å². The van der Waals surface area contributed by atoms with Crippen molar-refractivity contribution in [2.24, 2.45) is 0 Å². The van der Waals surface area contributed by atoms with Gasteiger partial charge in [0.1, 0.15) is 6.10 Å². The van der Waals surface area contributed by atoms with Crippen molar-refractivity contribution in [2.75, 3.05) is 0 Å². The first-order valence-electron chi connectivity index (χ1n) is 6.54. The molecule has 1 aliphatic carbocycles. The van der Waals surface area contributed by atoms with Gasteiger partial charge >= 0.3 is 0 Å². The van der Waals surface area contributed by atoms with E-state index >= 15 is 0 Å². The van der Waals surface area contributed by atoms with E-state index in [0.29, 0.717) is 18.8 Å². The van der Waals surface area contributed by atoms with Crippen molar-refractivity contribution in [3.8, 4) is 0 Å². The lowest BCUT2D eigenvalue weighted by atomic mass is 9.97. The molecule has 1 unspecified atom stereocenters. The van der Waals surface area contributed by atoms with E-state index in [1.807, 2.05) is 30.3 Å². The largest absolute Gasteiger partial charge is 0.366 e. The molecule has 0 spiro atoms. The molecule has 2 nitrogen and oxygen atoms in total. The van der Waals surface area contributed by atoms with E-state index in [2.05, 4.69) is 0 Å². The minimum atomic E-state index is -0.171. The van der Waals surface area contributed by atoms with Crippen LogP contribution in [0.15, 0.2) is 30.3 Å². The summed E-state index contributed by atoms with van der Waals surface area (Å²) in [5, 5.41) is 0. The lowest BCUT2D eigenvalue weighted by Gasteiger charge is -2.19. The molecule has 1 aromatic rings. The molecule has 0 saturated heterocycles. The van der Waals surface area contributed by atoms with Crippen molar-refractivity contribution < 1.29 is 9.53 Å². The summed E-state index contributed by atoms with van der Waals surface area (Å²) in [7, 11) is 0. The van der Waals surface area contributed by atoms with Crippen LogP contribution >= 0.6 is 0 Å². The quantitative estimate of drug-likeness (QED) is 0.797. The fourth-order valence-corrected chi connectivity index (χ4v) is 2.25. The maximum absolute atomic E-state index is 11.9. The summed E-state index contributed by atoms with van der Waals surface area (Å²) in [6.45, 7) is 0.553. The van der Waals surface area contributed by atoms with E-state index in [1.54, 1.807) is 0 Å². The number of ketones is 1. The number of hydrogen-bond donors (Lipinski definition) is 0. The number of Topliss-reactive ketones (excluding diaryl/α,β-unsaturated/α-hetero) is 1. The normalized spacial score (nSPS) is 21.9. The molecule has 0 aliphatic heterocycles. The van der Waals surface area contributed by atoms with Gasteiger partial charge in [-0.3, -0.25) is 4.79 Å². The van der Waals surface area contributed by atoms with Gasteiger partial charge in [-0.25, -0.2) is 0 Å². The summed E-state index contributed by atoms with van der Waals surface area (Å²) in [4.78, 5) is 11.9. The first kappa shape index (κ1) is 12.3. The van der Waals surface area contributed by atoms with Crippen LogP contribution in [0.2, 0.25) is 0 Å². The van der Waals surface area contributed by atoms with Crippen LogP contribution in [0.1, 0.15) is 44.1 Å². The summed E-state index contributed by atoms with van der Waals surface area (Å²) in [6.07, 6.45) is 5.99. The fourth-order valence-electron chi connectivity index (χ4n) is 2.25. The van der Waals surface area contributed by atoms with Crippen molar-refractivity contribution in [1.82, 2.24) is 0 Å². The third kappa shape index (κ3) is 3.97. The highest BCUT2D eigenvalue weighted by molar-refractivity contribution is 5.83. The van der Waals surface area contributed by atoms with Gasteiger partial charge in [0.15, 0.2) is 5.78 Å². The van der Waals surface area contributed by atoms with Crippen LogP contribution in [0, 0.1) is 0 Å². The van der Waals surface area contributed by atoms with Crippen LogP contribution in [0.5, 0.6) is 0 Å². The molecule has 0 amide bonds. The number of carbonyl (C=O) groups is 1. The number of rotatable bonds is 3. The number of benzene rings is 1. The van der Waals surface area contributed by atoms with Gasteiger partial charge in [-0.2, -0.15) is 0 Å². The third-order valence-corrected chi connectivity index (χ3v) is 3.29. The molecule has 0 N–H and O–H groups in total. The van der Waals surface area contributed by atoms with Crippen LogP contribution in [0.3, 0.4) is 0 Å². The maximum atomic E-state index is 11.9. The highest BCUT2D eigenvalue weighted by Gasteiger charge is 2.20. The molecule has 92 valence electrons. The molecule has 2 rings (SSSR count). The number of carbonyl (C=O) groups excluding carboxylic acids is 1. The SMILES string of the molecule is O=C1CCCCCCC1OCc1ccccc1. The smallest absolute Gasteiger partial charge is 0.161 e. The molecular weight excluding hydrogens is 212 g/mol. The van der Waals surface area contributed by atoms with Crippen molar-refractivity contribution in [1.29, 1.82) is 0 Å². The van der Waals surface area contributed by atoms with E-state index < -0.39 is 0 Å². The predicted octanol–water partition coefficient (Wildman–Crippen LogP) is 3.50. The summed E-state index contributed by atoms with van der Waals surface area (Å²) in [5.74, 6) is 0.292. The van der Waals surface area contributed by atoms with E-state index in [0.717, 1.165) is 24.8 Å². The summed E-state index contributed by atoms with van der Waals surface area (Å²) < 4.78 is 5.77. The predicted molar refractivity (Wildman–Crippen MR) is 67.7 cm³/mol. The first-order chi connectivity index (χ1) is 8.36. The molecule has 1 saturated carbocycles. The van der Waals surface area contributed by atoms with Gasteiger partial charge in [0.05, 0.1) is 6.61 Å². The monoisotopic (exact) mass is 232 g/mol. The summed E-state index contributed by atoms with van der Waals surface area (Å²) in [5.41, 5.74) is 1.14. The van der Waals surface area contributed by atoms with E-state index in [-0.39, 0.29) is 6.10 Å². The van der Waals surface area contributed by atoms with Crippen LogP contribution < -0.4 is 0 Å². The minimum absolute atomic E-state index is 0.171. The third-order valence-electron chi connectivity index (χ3n) is 3.29. The molecule has 1 fully saturated rings. The average molecular weight is 232 g/mol. The minimum Gasteiger partial charge on any atom is -0.366 e. The van der Waals surface area contributed by atoms with Gasteiger partial charge in [0, 0.05) is 6.42 Å². The van der Waals surface area contributed by atoms with Gasteiger partial charge in [-0.1, -0.05) is 49.6 Å². The van der Waals surface area contributed by atoms with Gasteiger partial charge in [-0.15, -0.1) is 0 Å². The second kappa shape index (κ2) is 6.55. The van der Waals surface area contributed by atoms with Crippen molar-refractivity contribution in [3.63, 3.8) is 0 Å². The van der Waals surface area contributed by atoms with Crippen LogP contribution in [0.4, 0.5) is 0 Å². The van der Waals surface area contributed by atoms with Crippen molar-refractivity contribution in [3.05, 3.63) is 35.9 Å². The summed E-state index contributed by atoms with van der Waals surface area (Å²) >= 11 is 0. The number of ether oxygens (including phenoxy) is 1. The Morgan fingerprint density at radius 2 is 1.82 bits per heavy atom. The fraction of sp³-hybridized carbons (Fsp3) is 0.533. The van der Waals surface area contributed by atoms with Gasteiger partial charge in [0.2, 0.25) is 0 Å². The molecule has 0 bridgehead atoms. The second-order valence-electron chi connectivity index (χ2n) is 4.70. The van der Waals surface area contributed by atoms with E-state index in [1.165, 1.54) is 12.8 Å². The van der Waals surface area contributed by atoms with Crippen LogP contribution in [-0.4, -0.2) is 11.9 Å². The van der Waals surface area contributed by atoms with Crippen molar-refractivity contribution >= 4 is 5.78 Å². The van der Waals surface area contributed by atoms with E-state index in [9.17, 15) is 4.79 Å². The van der Waals surface area contributed by atoms with Crippen molar-refractivity contribution in [2.45, 2.75) is 51.2 Å². The standard InChI is InChI=1S/C15H20O2/c16-14-10-6-1-2-7-11-15(14)17-12-13-8-4-3-5-9-13/h3-5,8-9,15H,1-2,6-7,10-12H2. The number of hydrogen-bond acceptors (Lipinski definition) is 2. The Morgan fingerprint density at radius 3 is 2.65 bits per heavy atom. The maximum Gasteiger partial charge on any atom is 0.161 e. The average Bonchev–Trinajstić information content (AvgIpc) is 2.35. The Hall–Kier alpha value is -1.15. The lowest BCUT2D eigenvalue weighted by Crippen LogP contribution is -2.25. The molecule has 1 atom stereocenters. The van der Waals surface area contributed by atoms with Gasteiger partial charge in [-0.05, 0) is 18.4 Å². The Labute approximate surface area is 103 Å². The van der Waals surface area contributed by atoms with Gasteiger partial charge < -0.3 is 4.74 Å². The first-order valence-corrected chi connectivity index (χ1v) is 6.54. The molecule has 1 aliphatic rings. The molecule has 0 heterocycles. The zero-order chi connectivity index (χ0) is 11.9. The highest BCUT2D eigenvalue weighted by Crippen LogP contribution is 2.18. The van der Waals surface area contributed by atoms with Crippen LogP contribution in [-0.2, 0) is 16.1 Å². The molecule has 0 radical (unpaired) electrons. The zero-order valence-electron chi connectivity index (χ0n) is 10.2. The Kier molecular flexibility index (Phi) is 4.75. The summed E-state index contributed by atoms with van der Waals surface area (Å²) in [6, 6.07) is 10.1. The van der Waals surface area contributed by atoms with E-state index in [4.69, 9.17) is 4.74 Å². The zero-order valence-corrected chi connectivity index (χ0v) is 10.2. The molecule has 0 aromatic heterocycles. The molecule has 17 heavy (non-hydrogen) atoms. The molecule has 2 heteroatoms. The Bertz CT molecular complexity index is 345. The lowest BCUT2D eigenvalue weighted by molar-refractivity contribution is -0.132. The van der Waals surface area contributed by atoms with Gasteiger partial charge in [0.25, 0.3) is 0 Å². The molecule has 1 aromatic carbocycles. The Morgan fingerprint density at radius 1 is 1.06 bits per heavy atom. The Balaban J connectivity index is 1.85. The topological polar surface area (TPSA) is 26.3 Å².